The molecular weight excluding hydrogens is 208 g/mol. The molecule has 0 aromatic carbocycles. The van der Waals surface area contributed by atoms with Crippen LogP contribution in [-0.2, 0) is 0 Å². The van der Waals surface area contributed by atoms with Gasteiger partial charge in [-0.2, -0.15) is 0 Å². The van der Waals surface area contributed by atoms with E-state index in [1.807, 2.05) is 0 Å². The molecule has 1 saturated heterocycles. The van der Waals surface area contributed by atoms with Crippen LogP contribution in [0, 0.1) is 23.7 Å². The van der Waals surface area contributed by atoms with E-state index in [0.717, 1.165) is 27.8 Å². The lowest BCUT2D eigenvalue weighted by molar-refractivity contribution is 0.0160. The van der Waals surface area contributed by atoms with Crippen LogP contribution >= 0.6 is 23.5 Å². The molecule has 0 nitrogen and oxygen atoms in total. The van der Waals surface area contributed by atoms with Gasteiger partial charge in [-0.1, -0.05) is 0 Å². The lowest BCUT2D eigenvalue weighted by Crippen LogP contribution is -2.52. The lowest BCUT2D eigenvalue weighted by atomic mass is 9.56. The van der Waals surface area contributed by atoms with Crippen molar-refractivity contribution < 1.29 is 0 Å². The first kappa shape index (κ1) is 8.81. The average molecular weight is 226 g/mol. The average Bonchev–Trinajstić information content (AvgIpc) is 2.63. The summed E-state index contributed by atoms with van der Waals surface area (Å²) in [7, 11) is 0. The molecule has 0 aromatic rings. The van der Waals surface area contributed by atoms with Gasteiger partial charge < -0.3 is 0 Å². The van der Waals surface area contributed by atoms with Gasteiger partial charge in [0.05, 0.1) is 4.08 Å². The molecule has 5 rings (SSSR count). The fourth-order valence-electron chi connectivity index (χ4n) is 4.76. The summed E-state index contributed by atoms with van der Waals surface area (Å²) in [4.78, 5) is 0. The Hall–Kier alpha value is 0.700. The highest BCUT2D eigenvalue weighted by atomic mass is 32.2. The SMILES string of the molecule is C1CSC2(S1)C1CC3CC(C1)CC2C3. The van der Waals surface area contributed by atoms with Gasteiger partial charge in [0.2, 0.25) is 0 Å². The van der Waals surface area contributed by atoms with Gasteiger partial charge in [-0.05, 0) is 55.8 Å². The van der Waals surface area contributed by atoms with E-state index in [9.17, 15) is 0 Å². The molecule has 0 N–H and O–H groups in total. The molecule has 78 valence electrons. The Balaban J connectivity index is 1.73. The topological polar surface area (TPSA) is 0 Å². The molecule has 1 aliphatic heterocycles. The first-order valence-electron chi connectivity index (χ1n) is 6.15. The second-order valence-electron chi connectivity index (χ2n) is 5.72. The van der Waals surface area contributed by atoms with Crippen LogP contribution in [0.15, 0.2) is 0 Å². The van der Waals surface area contributed by atoms with Gasteiger partial charge in [0.15, 0.2) is 0 Å². The summed E-state index contributed by atoms with van der Waals surface area (Å²) in [5, 5.41) is 0. The van der Waals surface area contributed by atoms with E-state index in [1.165, 1.54) is 11.5 Å². The Kier molecular flexibility index (Phi) is 1.81. The molecule has 1 spiro atoms. The summed E-state index contributed by atoms with van der Waals surface area (Å²) in [6.07, 6.45) is 7.96. The zero-order chi connectivity index (χ0) is 9.17. The van der Waals surface area contributed by atoms with E-state index in [0.29, 0.717) is 0 Å². The summed E-state index contributed by atoms with van der Waals surface area (Å²) < 4.78 is 0.730. The molecule has 0 unspecified atom stereocenters. The molecule has 4 saturated carbocycles. The summed E-state index contributed by atoms with van der Waals surface area (Å²) in [5.74, 6) is 7.38. The minimum atomic E-state index is 0.730. The van der Waals surface area contributed by atoms with Crippen LogP contribution in [0.2, 0.25) is 0 Å². The Morgan fingerprint density at radius 1 is 0.714 bits per heavy atom. The first-order valence-corrected chi connectivity index (χ1v) is 8.12. The molecule has 1 heterocycles. The molecule has 0 radical (unpaired) electrons. The van der Waals surface area contributed by atoms with E-state index >= 15 is 0 Å². The standard InChI is InChI=1S/C12H18S2/c1-2-14-12(13-1)10-4-8-3-9(6-10)7-11(12)5-8/h8-11H,1-7H2. The van der Waals surface area contributed by atoms with Crippen molar-refractivity contribution in [1.29, 1.82) is 0 Å². The van der Waals surface area contributed by atoms with Crippen molar-refractivity contribution in [3.05, 3.63) is 0 Å². The smallest absolute Gasteiger partial charge is 0.0668 e. The largest absolute Gasteiger partial charge is 0.143 e. The summed E-state index contributed by atoms with van der Waals surface area (Å²) in [6.45, 7) is 0. The second kappa shape index (κ2) is 2.88. The Labute approximate surface area is 95.0 Å². The third kappa shape index (κ3) is 1.000. The molecule has 5 fully saturated rings. The zero-order valence-electron chi connectivity index (χ0n) is 8.58. The minimum absolute atomic E-state index is 0.730. The number of rotatable bonds is 0. The van der Waals surface area contributed by atoms with Gasteiger partial charge >= 0.3 is 0 Å². The monoisotopic (exact) mass is 226 g/mol. The van der Waals surface area contributed by atoms with E-state index < -0.39 is 0 Å². The van der Waals surface area contributed by atoms with Crippen molar-refractivity contribution in [1.82, 2.24) is 0 Å². The third-order valence-corrected chi connectivity index (χ3v) is 9.03. The predicted octanol–water partition coefficient (Wildman–Crippen LogP) is 3.62. The third-order valence-electron chi connectivity index (χ3n) is 5.01. The Morgan fingerprint density at radius 3 is 1.71 bits per heavy atom. The first-order chi connectivity index (χ1) is 6.87. The lowest BCUT2D eigenvalue weighted by Gasteiger charge is -2.59. The van der Waals surface area contributed by atoms with Crippen molar-refractivity contribution in [2.75, 3.05) is 11.5 Å². The normalized spacial score (nSPS) is 53.1. The van der Waals surface area contributed by atoms with Gasteiger partial charge in [0.1, 0.15) is 0 Å². The van der Waals surface area contributed by atoms with E-state index in [1.54, 1.807) is 32.1 Å². The molecule has 2 heteroatoms. The van der Waals surface area contributed by atoms with Gasteiger partial charge in [-0.3, -0.25) is 0 Å². The molecule has 4 aliphatic carbocycles. The molecule has 4 bridgehead atoms. The Morgan fingerprint density at radius 2 is 1.21 bits per heavy atom. The minimum Gasteiger partial charge on any atom is -0.143 e. The van der Waals surface area contributed by atoms with Crippen molar-refractivity contribution in [2.45, 2.75) is 36.2 Å². The molecule has 0 aromatic heterocycles. The maximum absolute atomic E-state index is 2.34. The highest BCUT2D eigenvalue weighted by Gasteiger charge is 2.58. The Bertz CT molecular complexity index is 225. The van der Waals surface area contributed by atoms with Gasteiger partial charge in [0.25, 0.3) is 0 Å². The van der Waals surface area contributed by atoms with Crippen molar-refractivity contribution in [3.8, 4) is 0 Å². The predicted molar refractivity (Wildman–Crippen MR) is 64.7 cm³/mol. The molecule has 14 heavy (non-hydrogen) atoms. The van der Waals surface area contributed by atoms with Crippen LogP contribution in [0.3, 0.4) is 0 Å². The summed E-state index contributed by atoms with van der Waals surface area (Å²) in [6, 6.07) is 0. The van der Waals surface area contributed by atoms with E-state index in [4.69, 9.17) is 0 Å². The van der Waals surface area contributed by atoms with Crippen LogP contribution < -0.4 is 0 Å². The van der Waals surface area contributed by atoms with E-state index in [-0.39, 0.29) is 0 Å². The van der Waals surface area contributed by atoms with E-state index in [2.05, 4.69) is 23.5 Å². The fraction of sp³-hybridized carbons (Fsp3) is 1.00. The summed E-state index contributed by atoms with van der Waals surface area (Å²) in [5.41, 5.74) is 0. The quantitative estimate of drug-likeness (QED) is 0.619. The summed E-state index contributed by atoms with van der Waals surface area (Å²) >= 11 is 4.69. The van der Waals surface area contributed by atoms with Crippen molar-refractivity contribution in [2.24, 2.45) is 23.7 Å². The van der Waals surface area contributed by atoms with Gasteiger partial charge in [-0.15, -0.1) is 23.5 Å². The highest BCUT2D eigenvalue weighted by molar-refractivity contribution is 8.21. The van der Waals surface area contributed by atoms with Crippen LogP contribution in [0.5, 0.6) is 0 Å². The van der Waals surface area contributed by atoms with Crippen LogP contribution in [0.4, 0.5) is 0 Å². The number of thioether (sulfide) groups is 2. The fourth-order valence-corrected chi connectivity index (χ4v) is 8.61. The maximum atomic E-state index is 2.34. The molecular formula is C12H18S2. The van der Waals surface area contributed by atoms with Crippen LogP contribution in [-0.4, -0.2) is 15.6 Å². The maximum Gasteiger partial charge on any atom is 0.0668 e. The van der Waals surface area contributed by atoms with Gasteiger partial charge in [0, 0.05) is 11.5 Å². The van der Waals surface area contributed by atoms with Crippen LogP contribution in [0.25, 0.3) is 0 Å². The number of hydrogen-bond acceptors (Lipinski definition) is 2. The van der Waals surface area contributed by atoms with Crippen LogP contribution in [0.1, 0.15) is 32.1 Å². The van der Waals surface area contributed by atoms with Crippen molar-refractivity contribution in [3.63, 3.8) is 0 Å². The zero-order valence-corrected chi connectivity index (χ0v) is 10.2. The number of hydrogen-bond donors (Lipinski definition) is 0. The highest BCUT2D eigenvalue weighted by Crippen LogP contribution is 2.68. The molecule has 0 atom stereocenters. The van der Waals surface area contributed by atoms with Crippen molar-refractivity contribution >= 4 is 23.5 Å². The molecule has 5 aliphatic rings. The molecule has 0 amide bonds. The second-order valence-corrected chi connectivity index (χ2v) is 8.73. The van der Waals surface area contributed by atoms with Gasteiger partial charge in [-0.25, -0.2) is 0 Å².